The van der Waals surface area contributed by atoms with Crippen LogP contribution in [0.4, 0.5) is 0 Å². The minimum Gasteiger partial charge on any atom is -0.492 e. The molecule has 0 aliphatic carbocycles. The lowest BCUT2D eigenvalue weighted by molar-refractivity contribution is -0.122. The number of hydrogen-bond acceptors (Lipinski definition) is 2. The van der Waals surface area contributed by atoms with Gasteiger partial charge in [0.1, 0.15) is 18.3 Å². The van der Waals surface area contributed by atoms with Crippen LogP contribution in [0.15, 0.2) is 24.3 Å². The monoisotopic (exact) mass is 325 g/mol. The van der Waals surface area contributed by atoms with Crippen LogP contribution in [-0.4, -0.2) is 23.9 Å². The zero-order valence-electron chi connectivity index (χ0n) is 11.4. The average Bonchev–Trinajstić information content (AvgIpc) is 2.79. The van der Waals surface area contributed by atoms with Crippen LogP contribution in [0.5, 0.6) is 5.75 Å². The van der Waals surface area contributed by atoms with Gasteiger partial charge in [-0.25, -0.2) is 0 Å². The predicted octanol–water partition coefficient (Wildman–Crippen LogP) is 3.09. The maximum absolute atomic E-state index is 12.2. The quantitative estimate of drug-likeness (QED) is 0.845. The number of para-hydroxylation sites is 1. The molecule has 1 aliphatic rings. The lowest BCUT2D eigenvalue weighted by Gasteiger charge is -2.15. The van der Waals surface area contributed by atoms with Gasteiger partial charge in [-0.2, -0.15) is 0 Å². The van der Waals surface area contributed by atoms with Crippen LogP contribution in [0.2, 0.25) is 0 Å². The number of nitrogens with one attached hydrogen (secondary N) is 1. The molecule has 1 amide bonds. The minimum atomic E-state index is -0.171. The van der Waals surface area contributed by atoms with E-state index >= 15 is 0 Å². The van der Waals surface area contributed by atoms with Crippen LogP contribution in [0.3, 0.4) is 0 Å². The van der Waals surface area contributed by atoms with Crippen molar-refractivity contribution >= 4 is 21.8 Å². The van der Waals surface area contributed by atoms with E-state index in [0.29, 0.717) is 23.9 Å². The molecule has 2 atom stereocenters. The van der Waals surface area contributed by atoms with Gasteiger partial charge in [0.2, 0.25) is 5.91 Å². The predicted molar refractivity (Wildman–Crippen MR) is 79.9 cm³/mol. The summed E-state index contributed by atoms with van der Waals surface area (Å²) in [6, 6.07) is 7.75. The topological polar surface area (TPSA) is 38.3 Å². The van der Waals surface area contributed by atoms with E-state index in [-0.39, 0.29) is 11.8 Å². The Hall–Kier alpha value is -1.03. The van der Waals surface area contributed by atoms with Crippen molar-refractivity contribution in [3.8, 4) is 5.75 Å². The maximum Gasteiger partial charge on any atom is 0.231 e. The molecule has 1 aliphatic heterocycles. The van der Waals surface area contributed by atoms with E-state index in [1.165, 1.54) is 0 Å². The molecule has 2 unspecified atom stereocenters. The fourth-order valence-electron chi connectivity index (χ4n) is 2.31. The van der Waals surface area contributed by atoms with Crippen LogP contribution in [0.25, 0.3) is 0 Å². The van der Waals surface area contributed by atoms with Crippen LogP contribution < -0.4 is 10.1 Å². The molecule has 2 rings (SSSR count). The number of rotatable bonds is 5. The van der Waals surface area contributed by atoms with Gasteiger partial charge in [-0.05, 0) is 18.4 Å². The summed E-state index contributed by atoms with van der Waals surface area (Å²) in [6.45, 7) is 5.46. The first-order valence-corrected chi connectivity index (χ1v) is 7.63. The number of amides is 1. The van der Waals surface area contributed by atoms with Gasteiger partial charge in [0.15, 0.2) is 0 Å². The van der Waals surface area contributed by atoms with Crippen molar-refractivity contribution in [1.29, 1.82) is 0 Å². The van der Waals surface area contributed by atoms with E-state index in [1.807, 2.05) is 24.3 Å². The molecule has 3 nitrogen and oxygen atoms in total. The van der Waals surface area contributed by atoms with Crippen LogP contribution in [-0.2, 0) is 4.79 Å². The van der Waals surface area contributed by atoms with Gasteiger partial charge < -0.3 is 10.1 Å². The van der Waals surface area contributed by atoms with Crippen molar-refractivity contribution in [3.05, 3.63) is 29.8 Å². The smallest absolute Gasteiger partial charge is 0.231 e. The summed E-state index contributed by atoms with van der Waals surface area (Å²) in [5.41, 5.74) is 0.995. The van der Waals surface area contributed by atoms with Gasteiger partial charge in [-0.15, -0.1) is 0 Å². The summed E-state index contributed by atoms with van der Waals surface area (Å²) in [7, 11) is 0. The molecule has 1 heterocycles. The molecular formula is C15H20BrNO2. The SMILES string of the molecule is CC(C)CC(Br)CNC(=O)C1COc2ccccc21. The third-order valence-corrected chi connectivity index (χ3v) is 3.94. The molecule has 0 radical (unpaired) electrons. The molecule has 0 bridgehead atoms. The molecule has 19 heavy (non-hydrogen) atoms. The second kappa shape index (κ2) is 6.42. The standard InChI is InChI=1S/C15H20BrNO2/c1-10(2)7-11(16)8-17-15(18)13-9-19-14-6-4-3-5-12(13)14/h3-6,10-11,13H,7-9H2,1-2H3,(H,17,18). The summed E-state index contributed by atoms with van der Waals surface area (Å²) in [5.74, 6) is 1.34. The Bertz CT molecular complexity index is 448. The molecule has 104 valence electrons. The Morgan fingerprint density at radius 3 is 2.95 bits per heavy atom. The lowest BCUT2D eigenvalue weighted by atomic mass is 10.0. The first-order valence-electron chi connectivity index (χ1n) is 6.71. The number of carbonyl (C=O) groups is 1. The first kappa shape index (κ1) is 14.4. The summed E-state index contributed by atoms with van der Waals surface area (Å²) < 4.78 is 5.53. The number of benzene rings is 1. The number of halogens is 1. The number of alkyl halides is 1. The molecule has 0 spiro atoms. The van der Waals surface area contributed by atoms with Gasteiger partial charge >= 0.3 is 0 Å². The Kier molecular flexibility index (Phi) is 4.86. The minimum absolute atomic E-state index is 0.0538. The Balaban J connectivity index is 1.88. The molecule has 1 aromatic carbocycles. The lowest BCUT2D eigenvalue weighted by Crippen LogP contribution is -2.34. The molecule has 1 N–H and O–H groups in total. The highest BCUT2D eigenvalue weighted by Crippen LogP contribution is 2.33. The van der Waals surface area contributed by atoms with Gasteiger partial charge in [0.05, 0.1) is 0 Å². The molecule has 1 aromatic rings. The van der Waals surface area contributed by atoms with Crippen LogP contribution in [0, 0.1) is 5.92 Å². The summed E-state index contributed by atoms with van der Waals surface area (Å²) in [5, 5.41) is 3.00. The van der Waals surface area contributed by atoms with E-state index in [9.17, 15) is 4.79 Å². The fraction of sp³-hybridized carbons (Fsp3) is 0.533. The van der Waals surface area contributed by atoms with E-state index < -0.39 is 0 Å². The van der Waals surface area contributed by atoms with Crippen LogP contribution in [0.1, 0.15) is 31.7 Å². The van der Waals surface area contributed by atoms with E-state index in [1.54, 1.807) is 0 Å². The van der Waals surface area contributed by atoms with Crippen molar-refractivity contribution in [2.45, 2.75) is 31.0 Å². The summed E-state index contributed by atoms with van der Waals surface area (Å²) in [4.78, 5) is 12.5. The van der Waals surface area contributed by atoms with E-state index in [2.05, 4.69) is 35.1 Å². The van der Waals surface area contributed by atoms with Gasteiger partial charge in [0, 0.05) is 16.9 Å². The van der Waals surface area contributed by atoms with E-state index in [4.69, 9.17) is 4.74 Å². The molecular weight excluding hydrogens is 306 g/mol. The largest absolute Gasteiger partial charge is 0.492 e. The Morgan fingerprint density at radius 2 is 2.21 bits per heavy atom. The highest BCUT2D eigenvalue weighted by molar-refractivity contribution is 9.09. The zero-order valence-corrected chi connectivity index (χ0v) is 12.9. The number of ether oxygens (including phenoxy) is 1. The number of hydrogen-bond donors (Lipinski definition) is 1. The van der Waals surface area contributed by atoms with Crippen LogP contribution >= 0.6 is 15.9 Å². The third-order valence-electron chi connectivity index (χ3n) is 3.24. The second-order valence-electron chi connectivity index (χ2n) is 5.37. The van der Waals surface area contributed by atoms with Crippen molar-refractivity contribution in [2.24, 2.45) is 5.92 Å². The maximum atomic E-state index is 12.2. The van der Waals surface area contributed by atoms with E-state index in [0.717, 1.165) is 17.7 Å². The molecule has 0 saturated heterocycles. The molecule has 0 saturated carbocycles. The Labute approximate surface area is 122 Å². The number of fused-ring (bicyclic) bond motifs is 1. The van der Waals surface area contributed by atoms with Crippen molar-refractivity contribution < 1.29 is 9.53 Å². The molecule has 4 heteroatoms. The van der Waals surface area contributed by atoms with Gasteiger partial charge in [-0.3, -0.25) is 4.79 Å². The Morgan fingerprint density at radius 1 is 1.47 bits per heavy atom. The second-order valence-corrected chi connectivity index (χ2v) is 6.67. The number of carbonyl (C=O) groups excluding carboxylic acids is 1. The molecule has 0 aromatic heterocycles. The van der Waals surface area contributed by atoms with Gasteiger partial charge in [0.25, 0.3) is 0 Å². The summed E-state index contributed by atoms with van der Waals surface area (Å²) in [6.07, 6.45) is 1.05. The normalized spacial score (nSPS) is 18.8. The fourth-order valence-corrected chi connectivity index (χ4v) is 3.22. The van der Waals surface area contributed by atoms with Crippen molar-refractivity contribution in [2.75, 3.05) is 13.2 Å². The zero-order chi connectivity index (χ0) is 13.8. The van der Waals surface area contributed by atoms with Gasteiger partial charge in [-0.1, -0.05) is 48.0 Å². The first-order chi connectivity index (χ1) is 9.08. The highest BCUT2D eigenvalue weighted by Gasteiger charge is 2.29. The van der Waals surface area contributed by atoms with Crippen molar-refractivity contribution in [3.63, 3.8) is 0 Å². The third kappa shape index (κ3) is 3.72. The summed E-state index contributed by atoms with van der Waals surface area (Å²) >= 11 is 3.60. The van der Waals surface area contributed by atoms with Crippen molar-refractivity contribution in [1.82, 2.24) is 5.32 Å². The highest BCUT2D eigenvalue weighted by atomic mass is 79.9. The average molecular weight is 326 g/mol. The molecule has 0 fully saturated rings.